The fourth-order valence-electron chi connectivity index (χ4n) is 2.85. The summed E-state index contributed by atoms with van der Waals surface area (Å²) in [6.07, 6.45) is 1.62. The molecule has 26 heavy (non-hydrogen) atoms. The molecule has 0 atom stereocenters. The van der Waals surface area contributed by atoms with Gasteiger partial charge < -0.3 is 14.4 Å². The van der Waals surface area contributed by atoms with Gasteiger partial charge in [-0.15, -0.1) is 0 Å². The fourth-order valence-corrected chi connectivity index (χ4v) is 2.85. The van der Waals surface area contributed by atoms with Crippen LogP contribution in [0.1, 0.15) is 21.5 Å². The van der Waals surface area contributed by atoms with Crippen LogP contribution in [0, 0.1) is 12.7 Å². The molecule has 2 aromatic carbocycles. The van der Waals surface area contributed by atoms with Gasteiger partial charge in [0.25, 0.3) is 0 Å². The van der Waals surface area contributed by atoms with E-state index >= 15 is 0 Å². The lowest BCUT2D eigenvalue weighted by molar-refractivity contribution is 0.0600. The molecule has 1 aliphatic heterocycles. The van der Waals surface area contributed by atoms with Crippen LogP contribution in [0.3, 0.4) is 0 Å². The minimum Gasteiger partial charge on any atom is -0.465 e. The third kappa shape index (κ3) is 4.08. The summed E-state index contributed by atoms with van der Waals surface area (Å²) in [7, 11) is 1.35. The predicted octanol–water partition coefficient (Wildman–Crippen LogP) is 3.51. The summed E-state index contributed by atoms with van der Waals surface area (Å²) in [5.74, 6) is -0.655. The van der Waals surface area contributed by atoms with Gasteiger partial charge in [-0.2, -0.15) is 0 Å². The van der Waals surface area contributed by atoms with Gasteiger partial charge in [0.1, 0.15) is 5.82 Å². The number of hydrogen-bond acceptors (Lipinski definition) is 5. The SMILES string of the molecule is COC(=O)c1ccc(N=Cc2ccc(N3CCOCC3)c(F)c2)c(C)c1. The van der Waals surface area contributed by atoms with Crippen LogP contribution in [-0.2, 0) is 9.47 Å². The molecule has 0 aromatic heterocycles. The molecule has 0 aliphatic carbocycles. The molecular formula is C20H21FN2O3. The summed E-state index contributed by atoms with van der Waals surface area (Å²) in [6, 6.07) is 10.2. The van der Waals surface area contributed by atoms with Crippen LogP contribution in [-0.4, -0.2) is 45.6 Å². The van der Waals surface area contributed by atoms with Crippen LogP contribution in [0.4, 0.5) is 15.8 Å². The number of carbonyl (C=O) groups excluding carboxylic acids is 1. The lowest BCUT2D eigenvalue weighted by Gasteiger charge is -2.29. The molecule has 0 bridgehead atoms. The minimum atomic E-state index is -0.385. The van der Waals surface area contributed by atoms with Gasteiger partial charge in [0.05, 0.1) is 37.3 Å². The first-order chi connectivity index (χ1) is 12.6. The van der Waals surface area contributed by atoms with E-state index in [2.05, 4.69) is 4.99 Å². The molecule has 0 amide bonds. The zero-order valence-electron chi connectivity index (χ0n) is 14.9. The largest absolute Gasteiger partial charge is 0.465 e. The molecule has 1 fully saturated rings. The molecule has 136 valence electrons. The van der Waals surface area contributed by atoms with Crippen molar-refractivity contribution in [1.29, 1.82) is 0 Å². The Morgan fingerprint density at radius 2 is 2.00 bits per heavy atom. The number of aryl methyl sites for hydroxylation is 1. The van der Waals surface area contributed by atoms with E-state index in [0.29, 0.717) is 43.1 Å². The van der Waals surface area contributed by atoms with Crippen LogP contribution >= 0.6 is 0 Å². The van der Waals surface area contributed by atoms with Crippen molar-refractivity contribution in [3.8, 4) is 0 Å². The van der Waals surface area contributed by atoms with Crippen molar-refractivity contribution in [3.05, 3.63) is 58.9 Å². The Labute approximate surface area is 152 Å². The molecule has 1 heterocycles. The molecule has 0 radical (unpaired) electrons. The predicted molar refractivity (Wildman–Crippen MR) is 99.2 cm³/mol. The second-order valence-electron chi connectivity index (χ2n) is 6.06. The van der Waals surface area contributed by atoms with Crippen molar-refractivity contribution in [2.24, 2.45) is 4.99 Å². The third-order valence-electron chi connectivity index (χ3n) is 4.29. The monoisotopic (exact) mass is 356 g/mol. The molecule has 1 aliphatic rings. The zero-order chi connectivity index (χ0) is 18.5. The quantitative estimate of drug-likeness (QED) is 0.621. The molecule has 0 spiro atoms. The number of aliphatic imine (C=N–C) groups is 1. The number of anilines is 1. The van der Waals surface area contributed by atoms with Crippen LogP contribution in [0.2, 0.25) is 0 Å². The molecular weight excluding hydrogens is 335 g/mol. The second-order valence-corrected chi connectivity index (χ2v) is 6.06. The maximum absolute atomic E-state index is 14.4. The summed E-state index contributed by atoms with van der Waals surface area (Å²) in [5.41, 5.74) is 3.30. The van der Waals surface area contributed by atoms with E-state index in [1.54, 1.807) is 30.5 Å². The van der Waals surface area contributed by atoms with Gasteiger partial charge in [0.2, 0.25) is 0 Å². The number of rotatable bonds is 4. The van der Waals surface area contributed by atoms with Crippen molar-refractivity contribution >= 4 is 23.6 Å². The zero-order valence-corrected chi connectivity index (χ0v) is 14.9. The minimum absolute atomic E-state index is 0.270. The number of halogens is 1. The average molecular weight is 356 g/mol. The third-order valence-corrected chi connectivity index (χ3v) is 4.29. The first-order valence-electron chi connectivity index (χ1n) is 8.44. The van der Waals surface area contributed by atoms with Gasteiger partial charge in [-0.25, -0.2) is 9.18 Å². The number of ether oxygens (including phenoxy) is 2. The molecule has 0 saturated carbocycles. The Hall–Kier alpha value is -2.73. The number of hydrogen-bond donors (Lipinski definition) is 0. The highest BCUT2D eigenvalue weighted by Crippen LogP contribution is 2.23. The van der Waals surface area contributed by atoms with E-state index in [0.717, 1.165) is 11.3 Å². The van der Waals surface area contributed by atoms with Crippen LogP contribution in [0.15, 0.2) is 41.4 Å². The topological polar surface area (TPSA) is 51.1 Å². The number of morpholine rings is 1. The highest BCUT2D eigenvalue weighted by molar-refractivity contribution is 5.90. The van der Waals surface area contributed by atoms with Crippen molar-refractivity contribution in [3.63, 3.8) is 0 Å². The van der Waals surface area contributed by atoms with Crippen molar-refractivity contribution in [2.45, 2.75) is 6.92 Å². The van der Waals surface area contributed by atoms with Gasteiger partial charge in [0.15, 0.2) is 0 Å². The summed E-state index contributed by atoms with van der Waals surface area (Å²) >= 11 is 0. The molecule has 3 rings (SSSR count). The van der Waals surface area contributed by atoms with Gasteiger partial charge in [-0.3, -0.25) is 4.99 Å². The fraction of sp³-hybridized carbons (Fsp3) is 0.300. The van der Waals surface area contributed by atoms with E-state index < -0.39 is 0 Å². The van der Waals surface area contributed by atoms with E-state index in [4.69, 9.17) is 9.47 Å². The van der Waals surface area contributed by atoms with Gasteiger partial charge in [-0.05, 0) is 48.4 Å². The Morgan fingerprint density at radius 1 is 1.23 bits per heavy atom. The number of carbonyl (C=O) groups is 1. The van der Waals surface area contributed by atoms with Crippen LogP contribution < -0.4 is 4.90 Å². The smallest absolute Gasteiger partial charge is 0.337 e. The standard InChI is InChI=1S/C20H21FN2O3/c1-14-11-16(20(24)25-2)4-5-18(14)22-13-15-3-6-19(17(21)12-15)23-7-9-26-10-8-23/h3-6,11-13H,7-10H2,1-2H3. The first-order valence-corrected chi connectivity index (χ1v) is 8.44. The lowest BCUT2D eigenvalue weighted by Crippen LogP contribution is -2.36. The first kappa shape index (κ1) is 18.1. The maximum atomic E-state index is 14.4. The Balaban J connectivity index is 1.76. The molecule has 2 aromatic rings. The summed E-state index contributed by atoms with van der Waals surface area (Å²) in [4.78, 5) is 17.9. The Kier molecular flexibility index (Phi) is 5.63. The Morgan fingerprint density at radius 3 is 2.65 bits per heavy atom. The number of methoxy groups -OCH3 is 1. The van der Waals surface area contributed by atoms with Gasteiger partial charge in [-0.1, -0.05) is 6.07 Å². The van der Waals surface area contributed by atoms with Crippen molar-refractivity contribution in [1.82, 2.24) is 0 Å². The summed E-state index contributed by atoms with van der Waals surface area (Å²) in [6.45, 7) is 4.47. The molecule has 1 saturated heterocycles. The normalized spacial score (nSPS) is 14.7. The highest BCUT2D eigenvalue weighted by atomic mass is 19.1. The molecule has 6 heteroatoms. The lowest BCUT2D eigenvalue weighted by atomic mass is 10.1. The number of esters is 1. The molecule has 0 N–H and O–H groups in total. The van der Waals surface area contributed by atoms with E-state index in [-0.39, 0.29) is 11.8 Å². The second kappa shape index (κ2) is 8.10. The highest BCUT2D eigenvalue weighted by Gasteiger charge is 2.15. The van der Waals surface area contributed by atoms with E-state index in [1.165, 1.54) is 13.2 Å². The molecule has 5 nitrogen and oxygen atoms in total. The van der Waals surface area contributed by atoms with Crippen molar-refractivity contribution < 1.29 is 18.7 Å². The van der Waals surface area contributed by atoms with Gasteiger partial charge >= 0.3 is 5.97 Å². The van der Waals surface area contributed by atoms with E-state index in [9.17, 15) is 9.18 Å². The summed E-state index contributed by atoms with van der Waals surface area (Å²) in [5, 5.41) is 0. The van der Waals surface area contributed by atoms with Gasteiger partial charge in [0, 0.05) is 19.3 Å². The average Bonchev–Trinajstić information content (AvgIpc) is 2.67. The van der Waals surface area contributed by atoms with E-state index in [1.807, 2.05) is 17.9 Å². The molecule has 0 unspecified atom stereocenters. The maximum Gasteiger partial charge on any atom is 0.337 e. The van der Waals surface area contributed by atoms with Crippen LogP contribution in [0.5, 0.6) is 0 Å². The number of nitrogens with zero attached hydrogens (tertiary/aromatic N) is 2. The van der Waals surface area contributed by atoms with Crippen molar-refractivity contribution in [2.75, 3.05) is 38.3 Å². The Bertz CT molecular complexity index is 830. The number of benzene rings is 2. The summed E-state index contributed by atoms with van der Waals surface area (Å²) < 4.78 is 24.4. The van der Waals surface area contributed by atoms with Crippen LogP contribution in [0.25, 0.3) is 0 Å².